The van der Waals surface area contributed by atoms with Crippen LogP contribution in [0.4, 0.5) is 13.2 Å². The van der Waals surface area contributed by atoms with Gasteiger partial charge in [0.15, 0.2) is 0 Å². The summed E-state index contributed by atoms with van der Waals surface area (Å²) in [6, 6.07) is 0.687. The quantitative estimate of drug-likeness (QED) is 0.835. The highest BCUT2D eigenvalue weighted by Crippen LogP contribution is 2.41. The van der Waals surface area contributed by atoms with Crippen molar-refractivity contribution in [3.05, 3.63) is 0 Å². The molecule has 0 aromatic heterocycles. The van der Waals surface area contributed by atoms with Crippen LogP contribution in [0.3, 0.4) is 0 Å². The van der Waals surface area contributed by atoms with Crippen molar-refractivity contribution in [3.8, 4) is 0 Å². The van der Waals surface area contributed by atoms with Gasteiger partial charge in [-0.3, -0.25) is 0 Å². The number of alkyl halides is 3. The van der Waals surface area contributed by atoms with Crippen LogP contribution in [0.15, 0.2) is 0 Å². The minimum atomic E-state index is -4.02. The minimum Gasteiger partial charge on any atom is -0.313 e. The third-order valence-corrected chi connectivity index (χ3v) is 5.53. The van der Waals surface area contributed by atoms with E-state index in [9.17, 15) is 13.2 Å². The number of rotatable bonds is 5. The molecule has 1 unspecified atom stereocenters. The monoisotopic (exact) mass is 304 g/mol. The molecule has 122 valence electrons. The van der Waals surface area contributed by atoms with Gasteiger partial charge in [0.1, 0.15) is 0 Å². The van der Waals surface area contributed by atoms with E-state index in [4.69, 9.17) is 0 Å². The van der Waals surface area contributed by atoms with Crippen LogP contribution in [0.25, 0.3) is 0 Å². The van der Waals surface area contributed by atoms with Crippen LogP contribution in [-0.2, 0) is 0 Å². The van der Waals surface area contributed by atoms with Gasteiger partial charge >= 0.3 is 6.18 Å². The fraction of sp³-hybridized carbons (Fsp3) is 1.00. The lowest BCUT2D eigenvalue weighted by molar-refractivity contribution is -0.187. The summed E-state index contributed by atoms with van der Waals surface area (Å²) in [6.45, 7) is 2.93. The number of nitrogens with zero attached hydrogens (tertiary/aromatic N) is 1. The van der Waals surface area contributed by atoms with Gasteiger partial charge < -0.3 is 10.2 Å². The molecule has 1 aliphatic heterocycles. The van der Waals surface area contributed by atoms with Gasteiger partial charge in [0.25, 0.3) is 0 Å². The molecular weight excluding hydrogens is 277 g/mol. The van der Waals surface area contributed by atoms with E-state index in [1.165, 1.54) is 38.5 Å². The summed E-state index contributed by atoms with van der Waals surface area (Å²) in [6.07, 6.45) is 4.37. The summed E-state index contributed by atoms with van der Waals surface area (Å²) in [5.41, 5.74) is 0.232. The highest BCUT2D eigenvalue weighted by atomic mass is 19.4. The molecule has 0 radical (unpaired) electrons. The van der Waals surface area contributed by atoms with Crippen LogP contribution in [0.1, 0.15) is 51.4 Å². The van der Waals surface area contributed by atoms with E-state index < -0.39 is 12.1 Å². The number of hydrogen-bond donors (Lipinski definition) is 1. The molecular formula is C16H27F3N2. The second kappa shape index (κ2) is 6.07. The van der Waals surface area contributed by atoms with Crippen LogP contribution in [0.5, 0.6) is 0 Å². The predicted molar refractivity (Wildman–Crippen MR) is 77.1 cm³/mol. The SMILES string of the molecule is FC(F)(F)C1CCCN(CC2(CNC3CC3)CCCC2)C1. The molecule has 3 aliphatic rings. The molecule has 21 heavy (non-hydrogen) atoms. The molecule has 1 saturated heterocycles. The standard InChI is InChI=1S/C16H27F3N2/c17-16(18,19)13-4-3-9-21(10-13)12-15(7-1-2-8-15)11-20-14-5-6-14/h13-14,20H,1-12H2. The molecule has 1 N–H and O–H groups in total. The molecule has 0 bridgehead atoms. The number of piperidine rings is 1. The summed E-state index contributed by atoms with van der Waals surface area (Å²) < 4.78 is 38.8. The fourth-order valence-electron chi connectivity index (χ4n) is 4.10. The van der Waals surface area contributed by atoms with E-state index in [0.29, 0.717) is 18.9 Å². The average Bonchev–Trinajstić information content (AvgIpc) is 3.16. The van der Waals surface area contributed by atoms with Crippen molar-refractivity contribution >= 4 is 0 Å². The van der Waals surface area contributed by atoms with E-state index in [2.05, 4.69) is 10.2 Å². The summed E-state index contributed by atoms with van der Waals surface area (Å²) in [5.74, 6) is -1.11. The van der Waals surface area contributed by atoms with Crippen LogP contribution in [0, 0.1) is 11.3 Å². The van der Waals surface area contributed by atoms with Crippen molar-refractivity contribution in [2.45, 2.75) is 63.6 Å². The van der Waals surface area contributed by atoms with Crippen molar-refractivity contribution in [2.75, 3.05) is 26.2 Å². The van der Waals surface area contributed by atoms with Gasteiger partial charge in [-0.1, -0.05) is 12.8 Å². The topological polar surface area (TPSA) is 15.3 Å². The molecule has 1 atom stereocenters. The zero-order valence-electron chi connectivity index (χ0n) is 12.7. The van der Waals surface area contributed by atoms with Crippen LogP contribution in [-0.4, -0.2) is 43.3 Å². The molecule has 2 nitrogen and oxygen atoms in total. The third-order valence-electron chi connectivity index (χ3n) is 5.53. The third kappa shape index (κ3) is 4.13. The average molecular weight is 304 g/mol. The Morgan fingerprint density at radius 1 is 1.05 bits per heavy atom. The number of nitrogens with one attached hydrogen (secondary N) is 1. The van der Waals surface area contributed by atoms with E-state index in [1.54, 1.807) is 0 Å². The van der Waals surface area contributed by atoms with Gasteiger partial charge in [0, 0.05) is 25.7 Å². The second-order valence-electron chi connectivity index (χ2n) is 7.48. The van der Waals surface area contributed by atoms with Gasteiger partial charge in [-0.2, -0.15) is 13.2 Å². The largest absolute Gasteiger partial charge is 0.393 e. The van der Waals surface area contributed by atoms with Crippen molar-refractivity contribution in [2.24, 2.45) is 11.3 Å². The van der Waals surface area contributed by atoms with Crippen molar-refractivity contribution in [1.82, 2.24) is 10.2 Å². The minimum absolute atomic E-state index is 0.217. The van der Waals surface area contributed by atoms with Crippen LogP contribution < -0.4 is 5.32 Å². The molecule has 5 heteroatoms. The second-order valence-corrected chi connectivity index (χ2v) is 7.48. The van der Waals surface area contributed by atoms with E-state index in [0.717, 1.165) is 19.6 Å². The molecule has 3 fully saturated rings. The Balaban J connectivity index is 1.56. The Labute approximate surface area is 125 Å². The molecule has 2 saturated carbocycles. The lowest BCUT2D eigenvalue weighted by atomic mass is 9.84. The Bertz CT molecular complexity index is 346. The Morgan fingerprint density at radius 2 is 1.76 bits per heavy atom. The summed E-state index contributed by atoms with van der Waals surface area (Å²) in [7, 11) is 0. The first-order valence-electron chi connectivity index (χ1n) is 8.49. The molecule has 3 rings (SSSR count). The summed E-state index contributed by atoms with van der Waals surface area (Å²) in [5, 5.41) is 3.62. The van der Waals surface area contributed by atoms with E-state index in [1.807, 2.05) is 0 Å². The molecule has 2 aliphatic carbocycles. The van der Waals surface area contributed by atoms with Crippen molar-refractivity contribution in [3.63, 3.8) is 0 Å². The van der Waals surface area contributed by atoms with Gasteiger partial charge in [-0.05, 0) is 50.5 Å². The molecule has 1 heterocycles. The van der Waals surface area contributed by atoms with E-state index in [-0.39, 0.29) is 12.0 Å². The summed E-state index contributed by atoms with van der Waals surface area (Å²) >= 11 is 0. The first kappa shape index (κ1) is 15.6. The smallest absolute Gasteiger partial charge is 0.313 e. The lowest BCUT2D eigenvalue weighted by Crippen LogP contribution is -2.48. The maximum atomic E-state index is 12.9. The summed E-state index contributed by atoms with van der Waals surface area (Å²) in [4.78, 5) is 2.10. The van der Waals surface area contributed by atoms with Crippen molar-refractivity contribution in [1.29, 1.82) is 0 Å². The Morgan fingerprint density at radius 3 is 2.38 bits per heavy atom. The normalized spacial score (nSPS) is 30.7. The fourth-order valence-corrected chi connectivity index (χ4v) is 4.10. The highest BCUT2D eigenvalue weighted by Gasteiger charge is 2.44. The Kier molecular flexibility index (Phi) is 4.51. The first-order chi connectivity index (χ1) is 9.97. The first-order valence-corrected chi connectivity index (χ1v) is 8.49. The van der Waals surface area contributed by atoms with Gasteiger partial charge in [-0.15, -0.1) is 0 Å². The molecule has 0 amide bonds. The Hall–Kier alpha value is -0.290. The molecule has 0 spiro atoms. The lowest BCUT2D eigenvalue weighted by Gasteiger charge is -2.40. The number of likely N-dealkylation sites (tertiary alicyclic amines) is 1. The molecule has 0 aromatic carbocycles. The maximum absolute atomic E-state index is 12.9. The number of hydrogen-bond acceptors (Lipinski definition) is 2. The number of halogens is 3. The van der Waals surface area contributed by atoms with Gasteiger partial charge in [0.2, 0.25) is 0 Å². The van der Waals surface area contributed by atoms with Gasteiger partial charge in [-0.25, -0.2) is 0 Å². The van der Waals surface area contributed by atoms with E-state index >= 15 is 0 Å². The van der Waals surface area contributed by atoms with Gasteiger partial charge in [0.05, 0.1) is 5.92 Å². The highest BCUT2D eigenvalue weighted by molar-refractivity contribution is 4.93. The zero-order valence-corrected chi connectivity index (χ0v) is 12.7. The maximum Gasteiger partial charge on any atom is 0.393 e. The van der Waals surface area contributed by atoms with Crippen molar-refractivity contribution < 1.29 is 13.2 Å². The zero-order chi connectivity index (χ0) is 14.9. The predicted octanol–water partition coefficient (Wildman–Crippen LogP) is 3.57. The van der Waals surface area contributed by atoms with Crippen LogP contribution in [0.2, 0.25) is 0 Å². The van der Waals surface area contributed by atoms with Crippen LogP contribution >= 0.6 is 0 Å². The molecule has 0 aromatic rings.